The molecule has 0 atom stereocenters. The number of thiazole rings is 1. The van der Waals surface area contributed by atoms with Crippen LogP contribution < -0.4 is 10.5 Å². The first kappa shape index (κ1) is 15.5. The van der Waals surface area contributed by atoms with Crippen LogP contribution in [0.1, 0.15) is 24.4 Å². The fourth-order valence-electron chi connectivity index (χ4n) is 2.27. The van der Waals surface area contributed by atoms with E-state index in [1.807, 2.05) is 55.6 Å². The quantitative estimate of drug-likeness (QED) is 0.715. The molecule has 4 nitrogen and oxygen atoms in total. The number of anilines is 1. The molecule has 23 heavy (non-hydrogen) atoms. The fourth-order valence-corrected chi connectivity index (χ4v) is 3.09. The molecule has 0 saturated heterocycles. The van der Waals surface area contributed by atoms with Crippen LogP contribution in [0.2, 0.25) is 0 Å². The Morgan fingerprint density at radius 1 is 1.17 bits per heavy atom. The summed E-state index contributed by atoms with van der Waals surface area (Å²) < 4.78 is 5.67. The predicted molar refractivity (Wildman–Crippen MR) is 94.8 cm³/mol. The van der Waals surface area contributed by atoms with Crippen molar-refractivity contribution in [1.82, 2.24) is 9.97 Å². The Morgan fingerprint density at radius 3 is 2.74 bits per heavy atom. The lowest BCUT2D eigenvalue weighted by atomic mass is 10.1. The van der Waals surface area contributed by atoms with Crippen molar-refractivity contribution in [3.05, 3.63) is 58.5 Å². The molecule has 2 heterocycles. The monoisotopic (exact) mass is 325 g/mol. The minimum atomic E-state index is 0.114. The zero-order chi connectivity index (χ0) is 16.2. The highest BCUT2D eigenvalue weighted by Crippen LogP contribution is 2.26. The standard InChI is InChI=1S/C18H19N3OS/c1-12(2)22-17-7-6-13(9-14(17)19)10-18-21-16(11-23-18)15-5-3-4-8-20-15/h3-9,11-12H,10,19H2,1-2H3. The summed E-state index contributed by atoms with van der Waals surface area (Å²) in [6, 6.07) is 11.8. The van der Waals surface area contributed by atoms with Gasteiger partial charge in [-0.15, -0.1) is 11.3 Å². The molecule has 3 rings (SSSR count). The smallest absolute Gasteiger partial charge is 0.142 e. The Balaban J connectivity index is 1.75. The van der Waals surface area contributed by atoms with Crippen molar-refractivity contribution < 1.29 is 4.74 Å². The van der Waals surface area contributed by atoms with E-state index in [1.54, 1.807) is 17.5 Å². The molecule has 2 N–H and O–H groups in total. The summed E-state index contributed by atoms with van der Waals surface area (Å²) in [7, 11) is 0. The number of nitrogen functional groups attached to an aromatic ring is 1. The van der Waals surface area contributed by atoms with E-state index in [0.717, 1.165) is 34.1 Å². The first-order chi connectivity index (χ1) is 11.1. The molecular weight excluding hydrogens is 306 g/mol. The molecule has 0 unspecified atom stereocenters. The highest BCUT2D eigenvalue weighted by Gasteiger charge is 2.08. The lowest BCUT2D eigenvalue weighted by molar-refractivity contribution is 0.244. The Bertz CT molecular complexity index is 784. The van der Waals surface area contributed by atoms with E-state index in [1.165, 1.54) is 0 Å². The molecule has 1 aromatic carbocycles. The van der Waals surface area contributed by atoms with Crippen LogP contribution >= 0.6 is 11.3 Å². The van der Waals surface area contributed by atoms with Gasteiger partial charge in [0.05, 0.1) is 28.2 Å². The topological polar surface area (TPSA) is 61.0 Å². The summed E-state index contributed by atoms with van der Waals surface area (Å²) in [5.41, 5.74) is 9.67. The third-order valence-electron chi connectivity index (χ3n) is 3.27. The van der Waals surface area contributed by atoms with Gasteiger partial charge >= 0.3 is 0 Å². The second-order valence-electron chi connectivity index (χ2n) is 5.56. The molecule has 0 fully saturated rings. The lowest BCUT2D eigenvalue weighted by Crippen LogP contribution is -2.07. The van der Waals surface area contributed by atoms with E-state index in [-0.39, 0.29) is 6.10 Å². The molecule has 2 aromatic heterocycles. The Kier molecular flexibility index (Phi) is 4.57. The van der Waals surface area contributed by atoms with Crippen molar-refractivity contribution in [3.63, 3.8) is 0 Å². The van der Waals surface area contributed by atoms with Gasteiger partial charge in [-0.3, -0.25) is 4.98 Å². The molecule has 118 valence electrons. The Labute approximate surface area is 140 Å². The van der Waals surface area contributed by atoms with Crippen molar-refractivity contribution in [2.45, 2.75) is 26.4 Å². The van der Waals surface area contributed by atoms with E-state index in [0.29, 0.717) is 5.69 Å². The highest BCUT2D eigenvalue weighted by molar-refractivity contribution is 7.10. The van der Waals surface area contributed by atoms with E-state index in [9.17, 15) is 0 Å². The largest absolute Gasteiger partial charge is 0.489 e. The van der Waals surface area contributed by atoms with Gasteiger partial charge in [0.2, 0.25) is 0 Å². The van der Waals surface area contributed by atoms with E-state index in [4.69, 9.17) is 10.5 Å². The molecule has 5 heteroatoms. The summed E-state index contributed by atoms with van der Waals surface area (Å²) in [4.78, 5) is 8.99. The molecule has 0 aliphatic rings. The van der Waals surface area contributed by atoms with Gasteiger partial charge in [0.25, 0.3) is 0 Å². The number of nitrogens with two attached hydrogens (primary N) is 1. The predicted octanol–water partition coefficient (Wildman–Crippen LogP) is 4.17. The van der Waals surface area contributed by atoms with Gasteiger partial charge in [0, 0.05) is 18.0 Å². The number of hydrogen-bond donors (Lipinski definition) is 1. The number of aromatic nitrogens is 2. The zero-order valence-electron chi connectivity index (χ0n) is 13.2. The Hall–Kier alpha value is -2.40. The van der Waals surface area contributed by atoms with Gasteiger partial charge in [-0.2, -0.15) is 0 Å². The maximum atomic E-state index is 6.07. The van der Waals surface area contributed by atoms with E-state index in [2.05, 4.69) is 9.97 Å². The summed E-state index contributed by atoms with van der Waals surface area (Å²) in [6.45, 7) is 3.98. The van der Waals surface area contributed by atoms with Gasteiger partial charge in [-0.25, -0.2) is 4.98 Å². The number of rotatable bonds is 5. The average molecular weight is 325 g/mol. The number of hydrogen-bond acceptors (Lipinski definition) is 5. The zero-order valence-corrected chi connectivity index (χ0v) is 14.0. The molecule has 0 amide bonds. The summed E-state index contributed by atoms with van der Waals surface area (Å²) >= 11 is 1.64. The average Bonchev–Trinajstić information content (AvgIpc) is 2.99. The van der Waals surface area contributed by atoms with Crippen molar-refractivity contribution in [3.8, 4) is 17.1 Å². The summed E-state index contributed by atoms with van der Waals surface area (Å²) in [5.74, 6) is 0.733. The van der Waals surface area contributed by atoms with E-state index >= 15 is 0 Å². The van der Waals surface area contributed by atoms with Crippen molar-refractivity contribution in [2.24, 2.45) is 0 Å². The molecule has 0 radical (unpaired) electrons. The van der Waals surface area contributed by atoms with Gasteiger partial charge in [-0.1, -0.05) is 12.1 Å². The van der Waals surface area contributed by atoms with Crippen LogP contribution in [0.15, 0.2) is 48.0 Å². The molecular formula is C18H19N3OS. The number of nitrogens with zero attached hydrogens (tertiary/aromatic N) is 2. The van der Waals surface area contributed by atoms with Crippen LogP contribution in [-0.4, -0.2) is 16.1 Å². The van der Waals surface area contributed by atoms with Crippen molar-refractivity contribution in [2.75, 3.05) is 5.73 Å². The second kappa shape index (κ2) is 6.79. The molecule has 3 aromatic rings. The van der Waals surface area contributed by atoms with Crippen LogP contribution in [-0.2, 0) is 6.42 Å². The molecule has 0 saturated carbocycles. The summed E-state index contributed by atoms with van der Waals surface area (Å²) in [5, 5.41) is 3.08. The normalized spacial score (nSPS) is 10.9. The number of benzene rings is 1. The first-order valence-corrected chi connectivity index (χ1v) is 8.40. The minimum Gasteiger partial charge on any atom is -0.489 e. The molecule has 0 aliphatic heterocycles. The SMILES string of the molecule is CC(C)Oc1ccc(Cc2nc(-c3ccccn3)cs2)cc1N. The summed E-state index contributed by atoms with van der Waals surface area (Å²) in [6.07, 6.45) is 2.65. The van der Waals surface area contributed by atoms with Gasteiger partial charge in [0.15, 0.2) is 0 Å². The maximum absolute atomic E-state index is 6.07. The third kappa shape index (κ3) is 3.87. The molecule has 0 bridgehead atoms. The van der Waals surface area contributed by atoms with Crippen molar-refractivity contribution >= 4 is 17.0 Å². The van der Waals surface area contributed by atoms with Crippen molar-refractivity contribution in [1.29, 1.82) is 0 Å². The second-order valence-corrected chi connectivity index (χ2v) is 6.50. The number of ether oxygens (including phenoxy) is 1. The molecule has 0 spiro atoms. The van der Waals surface area contributed by atoms with Crippen LogP contribution in [0.3, 0.4) is 0 Å². The van der Waals surface area contributed by atoms with Crippen LogP contribution in [0.25, 0.3) is 11.4 Å². The van der Waals surface area contributed by atoms with Gasteiger partial charge in [0.1, 0.15) is 5.75 Å². The van der Waals surface area contributed by atoms with Crippen LogP contribution in [0.4, 0.5) is 5.69 Å². The van der Waals surface area contributed by atoms with Crippen LogP contribution in [0, 0.1) is 0 Å². The third-order valence-corrected chi connectivity index (χ3v) is 4.12. The number of pyridine rings is 1. The highest BCUT2D eigenvalue weighted by atomic mass is 32.1. The Morgan fingerprint density at radius 2 is 2.04 bits per heavy atom. The molecule has 0 aliphatic carbocycles. The first-order valence-electron chi connectivity index (χ1n) is 7.52. The maximum Gasteiger partial charge on any atom is 0.142 e. The van der Waals surface area contributed by atoms with Crippen LogP contribution in [0.5, 0.6) is 5.75 Å². The lowest BCUT2D eigenvalue weighted by Gasteiger charge is -2.12. The van der Waals surface area contributed by atoms with Gasteiger partial charge < -0.3 is 10.5 Å². The van der Waals surface area contributed by atoms with Gasteiger partial charge in [-0.05, 0) is 43.7 Å². The van der Waals surface area contributed by atoms with E-state index < -0.39 is 0 Å². The fraction of sp³-hybridized carbons (Fsp3) is 0.222. The minimum absolute atomic E-state index is 0.114.